The van der Waals surface area contributed by atoms with Gasteiger partial charge in [-0.1, -0.05) is 0 Å². The quantitative estimate of drug-likeness (QED) is 0.528. The standard InChI is InChI=1S/C19H19N5O2S/c1-4-23(5-2)19-22-14-15-17(21-11-10-20-15)27-16(14)18(25)24(19)12-6-8-13(26-3)9-7-12/h6-11H,4-5H2,1-3H3. The normalized spacial score (nSPS) is 11.2. The van der Waals surface area contributed by atoms with Crippen LogP contribution in [0.1, 0.15) is 13.8 Å². The number of rotatable bonds is 5. The lowest BCUT2D eigenvalue weighted by atomic mass is 10.3. The Bertz CT molecular complexity index is 1160. The van der Waals surface area contributed by atoms with Crippen molar-refractivity contribution in [1.82, 2.24) is 19.5 Å². The van der Waals surface area contributed by atoms with E-state index >= 15 is 0 Å². The van der Waals surface area contributed by atoms with Crippen LogP contribution in [0.15, 0.2) is 41.5 Å². The third-order valence-corrected chi connectivity index (χ3v) is 5.55. The molecular weight excluding hydrogens is 362 g/mol. The summed E-state index contributed by atoms with van der Waals surface area (Å²) in [6, 6.07) is 7.41. The fourth-order valence-electron chi connectivity index (χ4n) is 3.09. The number of anilines is 1. The number of benzene rings is 1. The van der Waals surface area contributed by atoms with Crippen LogP contribution in [0.4, 0.5) is 5.95 Å². The molecule has 0 aliphatic heterocycles. The molecule has 0 saturated carbocycles. The van der Waals surface area contributed by atoms with Crippen molar-refractivity contribution in [1.29, 1.82) is 0 Å². The second kappa shape index (κ2) is 6.96. The number of fused-ring (bicyclic) bond motifs is 3. The van der Waals surface area contributed by atoms with Crippen molar-refractivity contribution >= 4 is 37.8 Å². The number of hydrogen-bond acceptors (Lipinski definition) is 7. The van der Waals surface area contributed by atoms with Gasteiger partial charge in [0.1, 0.15) is 26.3 Å². The maximum absolute atomic E-state index is 13.4. The smallest absolute Gasteiger partial charge is 0.277 e. The SMILES string of the molecule is CCN(CC)c1nc2c(sc3nccnc32)c(=O)n1-c1ccc(OC)cc1. The van der Waals surface area contributed by atoms with Gasteiger partial charge in [-0.2, -0.15) is 0 Å². The summed E-state index contributed by atoms with van der Waals surface area (Å²) in [5, 5.41) is 0. The fourth-order valence-corrected chi connectivity index (χ4v) is 4.06. The highest BCUT2D eigenvalue weighted by Crippen LogP contribution is 2.30. The van der Waals surface area contributed by atoms with Crippen molar-refractivity contribution in [2.75, 3.05) is 25.1 Å². The van der Waals surface area contributed by atoms with Crippen molar-refractivity contribution in [3.8, 4) is 11.4 Å². The Kier molecular flexibility index (Phi) is 4.49. The van der Waals surface area contributed by atoms with Crippen molar-refractivity contribution < 1.29 is 4.74 Å². The molecule has 8 heteroatoms. The van der Waals surface area contributed by atoms with Gasteiger partial charge in [-0.05, 0) is 38.1 Å². The number of aromatic nitrogens is 4. The predicted octanol–water partition coefficient (Wildman–Crippen LogP) is 3.25. The van der Waals surface area contributed by atoms with Crippen molar-refractivity contribution in [2.24, 2.45) is 0 Å². The minimum atomic E-state index is -0.114. The fraction of sp³-hybridized carbons (Fsp3) is 0.263. The van der Waals surface area contributed by atoms with Gasteiger partial charge < -0.3 is 9.64 Å². The number of methoxy groups -OCH3 is 1. The molecule has 7 nitrogen and oxygen atoms in total. The van der Waals surface area contributed by atoms with Crippen LogP contribution >= 0.6 is 11.3 Å². The van der Waals surface area contributed by atoms with Gasteiger partial charge in [0.05, 0.1) is 12.8 Å². The largest absolute Gasteiger partial charge is 0.497 e. The summed E-state index contributed by atoms with van der Waals surface area (Å²) >= 11 is 1.33. The first-order valence-corrected chi connectivity index (χ1v) is 9.55. The maximum Gasteiger partial charge on any atom is 0.277 e. The van der Waals surface area contributed by atoms with E-state index in [0.29, 0.717) is 21.7 Å². The van der Waals surface area contributed by atoms with Crippen LogP contribution in [0.2, 0.25) is 0 Å². The van der Waals surface area contributed by atoms with Gasteiger partial charge in [-0.15, -0.1) is 11.3 Å². The van der Waals surface area contributed by atoms with E-state index in [-0.39, 0.29) is 5.56 Å². The lowest BCUT2D eigenvalue weighted by Crippen LogP contribution is -2.31. The number of nitrogens with zero attached hydrogens (tertiary/aromatic N) is 5. The van der Waals surface area contributed by atoms with Gasteiger partial charge in [0.15, 0.2) is 0 Å². The molecule has 1 aromatic carbocycles. The summed E-state index contributed by atoms with van der Waals surface area (Å²) in [7, 11) is 1.62. The Morgan fingerprint density at radius 3 is 2.44 bits per heavy atom. The highest BCUT2D eigenvalue weighted by molar-refractivity contribution is 7.25. The van der Waals surface area contributed by atoms with E-state index in [9.17, 15) is 4.79 Å². The highest BCUT2D eigenvalue weighted by atomic mass is 32.1. The Hall–Kier alpha value is -3.00. The molecule has 0 unspecified atom stereocenters. The topological polar surface area (TPSA) is 73.1 Å². The molecule has 0 amide bonds. The first-order valence-electron chi connectivity index (χ1n) is 8.73. The summed E-state index contributed by atoms with van der Waals surface area (Å²) < 4.78 is 7.45. The molecule has 0 radical (unpaired) electrons. The molecule has 3 aromatic heterocycles. The van der Waals surface area contributed by atoms with E-state index in [1.54, 1.807) is 24.1 Å². The van der Waals surface area contributed by atoms with Crippen LogP contribution in [0.25, 0.3) is 26.3 Å². The second-order valence-corrected chi connectivity index (χ2v) is 6.91. The number of ether oxygens (including phenoxy) is 1. The van der Waals surface area contributed by atoms with E-state index in [2.05, 4.69) is 14.9 Å². The van der Waals surface area contributed by atoms with E-state index in [1.807, 2.05) is 38.1 Å². The van der Waals surface area contributed by atoms with Crippen LogP contribution < -0.4 is 15.2 Å². The molecule has 0 bridgehead atoms. The molecule has 138 valence electrons. The predicted molar refractivity (Wildman–Crippen MR) is 108 cm³/mol. The zero-order valence-corrected chi connectivity index (χ0v) is 16.2. The Morgan fingerprint density at radius 2 is 1.78 bits per heavy atom. The number of thiophene rings is 1. The molecule has 4 rings (SSSR count). The molecule has 0 saturated heterocycles. The average molecular weight is 381 g/mol. The van der Waals surface area contributed by atoms with Gasteiger partial charge in [-0.25, -0.2) is 19.5 Å². The van der Waals surface area contributed by atoms with Gasteiger partial charge in [-0.3, -0.25) is 4.79 Å². The minimum absolute atomic E-state index is 0.114. The summed E-state index contributed by atoms with van der Waals surface area (Å²) in [6.07, 6.45) is 3.26. The zero-order chi connectivity index (χ0) is 19.0. The second-order valence-electron chi connectivity index (χ2n) is 5.91. The van der Waals surface area contributed by atoms with E-state index in [0.717, 1.165) is 29.4 Å². The zero-order valence-electron chi connectivity index (χ0n) is 15.3. The molecule has 0 fully saturated rings. The van der Waals surface area contributed by atoms with E-state index < -0.39 is 0 Å². The monoisotopic (exact) mass is 381 g/mol. The molecule has 0 aliphatic rings. The molecular formula is C19H19N5O2S. The van der Waals surface area contributed by atoms with Crippen LogP contribution in [0, 0.1) is 0 Å². The average Bonchev–Trinajstić information content (AvgIpc) is 3.09. The molecule has 0 N–H and O–H groups in total. The van der Waals surface area contributed by atoms with Crippen molar-refractivity contribution in [2.45, 2.75) is 13.8 Å². The number of hydrogen-bond donors (Lipinski definition) is 0. The van der Waals surface area contributed by atoms with Crippen molar-refractivity contribution in [3.05, 3.63) is 47.0 Å². The van der Waals surface area contributed by atoms with E-state index in [4.69, 9.17) is 9.72 Å². The Balaban J connectivity index is 2.08. The third-order valence-electron chi connectivity index (χ3n) is 4.49. The lowest BCUT2D eigenvalue weighted by molar-refractivity contribution is 0.414. The van der Waals surface area contributed by atoms with E-state index in [1.165, 1.54) is 11.3 Å². The summed E-state index contributed by atoms with van der Waals surface area (Å²) in [5.74, 6) is 1.34. The summed E-state index contributed by atoms with van der Waals surface area (Å²) in [6.45, 7) is 5.56. The lowest BCUT2D eigenvalue weighted by Gasteiger charge is -2.23. The van der Waals surface area contributed by atoms with Gasteiger partial charge in [0, 0.05) is 25.5 Å². The Morgan fingerprint density at radius 1 is 1.07 bits per heavy atom. The van der Waals surface area contributed by atoms with Gasteiger partial charge >= 0.3 is 0 Å². The highest BCUT2D eigenvalue weighted by Gasteiger charge is 2.20. The van der Waals surface area contributed by atoms with Gasteiger partial charge in [0.25, 0.3) is 5.56 Å². The van der Waals surface area contributed by atoms with Crippen LogP contribution in [0.5, 0.6) is 5.75 Å². The minimum Gasteiger partial charge on any atom is -0.497 e. The molecule has 0 spiro atoms. The first-order chi connectivity index (χ1) is 13.2. The van der Waals surface area contributed by atoms with Gasteiger partial charge in [0.2, 0.25) is 5.95 Å². The molecule has 27 heavy (non-hydrogen) atoms. The molecule has 0 aliphatic carbocycles. The third kappa shape index (κ3) is 2.82. The van der Waals surface area contributed by atoms with Crippen LogP contribution in [0.3, 0.4) is 0 Å². The molecule has 3 heterocycles. The molecule has 4 aromatic rings. The van der Waals surface area contributed by atoms with Crippen LogP contribution in [-0.4, -0.2) is 39.7 Å². The van der Waals surface area contributed by atoms with Crippen LogP contribution in [-0.2, 0) is 0 Å². The first kappa shape index (κ1) is 17.4. The Labute approximate surface area is 159 Å². The van der Waals surface area contributed by atoms with Crippen molar-refractivity contribution in [3.63, 3.8) is 0 Å². The molecule has 0 atom stereocenters. The maximum atomic E-state index is 13.4. The summed E-state index contributed by atoms with van der Waals surface area (Å²) in [4.78, 5) is 29.8. The summed E-state index contributed by atoms with van der Waals surface area (Å²) in [5.41, 5.74) is 1.91.